The molecule has 3 aliphatic rings. The Morgan fingerprint density at radius 1 is 0.175 bits per heavy atom. The molecule has 19 rings (SSSR count). The molecule has 0 fully saturated rings. The second-order valence-corrected chi connectivity index (χ2v) is 29.9. The van der Waals surface area contributed by atoms with Crippen molar-refractivity contribution in [2.75, 3.05) is 9.80 Å². The number of para-hydroxylation sites is 2. The third-order valence-corrected chi connectivity index (χ3v) is 23.1. The van der Waals surface area contributed by atoms with Crippen molar-refractivity contribution in [3.05, 3.63) is 385 Å². The van der Waals surface area contributed by atoms with Crippen LogP contribution >= 0.6 is 0 Å². The Labute approximate surface area is 604 Å². The molecule has 0 spiro atoms. The summed E-state index contributed by atoms with van der Waals surface area (Å²) < 4.78 is 0. The Kier molecular flexibility index (Phi) is 14.3. The predicted octanol–water partition coefficient (Wildman–Crippen LogP) is 27.9. The van der Waals surface area contributed by atoms with Gasteiger partial charge in [-0.15, -0.1) is 0 Å². The van der Waals surface area contributed by atoms with Crippen molar-refractivity contribution in [3.63, 3.8) is 0 Å². The zero-order valence-electron chi connectivity index (χ0n) is 58.9. The van der Waals surface area contributed by atoms with Crippen molar-refractivity contribution in [3.8, 4) is 100 Å². The smallest absolute Gasteiger partial charge is 0.0540 e. The first-order valence-corrected chi connectivity index (χ1v) is 36.3. The van der Waals surface area contributed by atoms with Crippen LogP contribution in [0.3, 0.4) is 0 Å². The number of rotatable bonds is 12. The number of benzene rings is 16. The first kappa shape index (κ1) is 61.7. The largest absolute Gasteiger partial charge is 0.310 e. The molecule has 490 valence electrons. The van der Waals surface area contributed by atoms with Crippen molar-refractivity contribution in [2.45, 2.75) is 57.8 Å². The van der Waals surface area contributed by atoms with Crippen LogP contribution in [0.1, 0.15) is 74.9 Å². The van der Waals surface area contributed by atoms with Crippen molar-refractivity contribution in [1.82, 2.24) is 0 Å². The van der Waals surface area contributed by atoms with Crippen molar-refractivity contribution in [2.24, 2.45) is 0 Å². The van der Waals surface area contributed by atoms with Gasteiger partial charge in [0.2, 0.25) is 0 Å². The van der Waals surface area contributed by atoms with Gasteiger partial charge in [0.25, 0.3) is 0 Å². The Hall–Kier alpha value is -12.4. The van der Waals surface area contributed by atoms with Gasteiger partial charge in [0, 0.05) is 50.1 Å². The average molecular weight is 1320 g/mol. The summed E-state index contributed by atoms with van der Waals surface area (Å²) in [6, 6.07) is 132. The van der Waals surface area contributed by atoms with E-state index in [4.69, 9.17) is 0 Å². The molecule has 0 amide bonds. The van der Waals surface area contributed by atoms with Crippen LogP contribution in [0.15, 0.2) is 352 Å². The number of nitrogens with zero attached hydrogens (tertiary/aromatic N) is 2. The lowest BCUT2D eigenvalue weighted by Crippen LogP contribution is -2.18. The minimum Gasteiger partial charge on any atom is -0.310 e. The van der Waals surface area contributed by atoms with E-state index in [0.717, 1.165) is 45.3 Å². The highest BCUT2D eigenvalue weighted by Gasteiger charge is 2.40. The van der Waals surface area contributed by atoms with Gasteiger partial charge in [0.05, 0.1) is 11.4 Å². The van der Waals surface area contributed by atoms with Gasteiger partial charge < -0.3 is 9.80 Å². The van der Waals surface area contributed by atoms with E-state index < -0.39 is 0 Å². The van der Waals surface area contributed by atoms with E-state index in [9.17, 15) is 0 Å². The number of hydrogen-bond donors (Lipinski definition) is 0. The number of anilines is 6. The summed E-state index contributed by atoms with van der Waals surface area (Å²) in [5, 5.41) is 5.00. The van der Waals surface area contributed by atoms with Crippen LogP contribution in [0.4, 0.5) is 34.1 Å². The van der Waals surface area contributed by atoms with E-state index in [1.54, 1.807) is 0 Å². The van der Waals surface area contributed by atoms with Gasteiger partial charge in [-0.05, 0) is 217 Å². The first-order chi connectivity index (χ1) is 50.3. The molecule has 16 aromatic rings. The van der Waals surface area contributed by atoms with Crippen LogP contribution in [-0.2, 0) is 16.2 Å². The Bertz CT molecular complexity index is 6070. The summed E-state index contributed by atoms with van der Waals surface area (Å²) in [5.74, 6) is 0. The summed E-state index contributed by atoms with van der Waals surface area (Å²) >= 11 is 0. The normalized spacial score (nSPS) is 13.8. The molecule has 3 aliphatic carbocycles. The second kappa shape index (κ2) is 23.9. The van der Waals surface area contributed by atoms with Crippen LogP contribution in [-0.4, -0.2) is 0 Å². The minimum absolute atomic E-state index is 0.176. The van der Waals surface area contributed by atoms with Gasteiger partial charge in [-0.2, -0.15) is 0 Å². The van der Waals surface area contributed by atoms with Crippen LogP contribution in [0.25, 0.3) is 122 Å². The van der Waals surface area contributed by atoms with Crippen LogP contribution < -0.4 is 9.80 Å². The molecule has 0 bridgehead atoms. The van der Waals surface area contributed by atoms with Gasteiger partial charge in [-0.3, -0.25) is 0 Å². The van der Waals surface area contributed by atoms with E-state index in [-0.39, 0.29) is 16.2 Å². The summed E-state index contributed by atoms with van der Waals surface area (Å²) in [7, 11) is 0. The highest BCUT2D eigenvalue weighted by molar-refractivity contribution is 6.06. The highest BCUT2D eigenvalue weighted by Crippen LogP contribution is 2.57. The predicted molar refractivity (Wildman–Crippen MR) is 436 cm³/mol. The molecule has 0 saturated carbocycles. The highest BCUT2D eigenvalue weighted by atomic mass is 15.2. The molecule has 0 aliphatic heterocycles. The lowest BCUT2D eigenvalue weighted by Gasteiger charge is -2.31. The minimum atomic E-state index is -0.286. The molecule has 16 aromatic carbocycles. The molecule has 0 saturated heterocycles. The van der Waals surface area contributed by atoms with E-state index in [0.29, 0.717) is 0 Å². The molecule has 2 nitrogen and oxygen atoms in total. The standard InChI is InChI=1S/C101H76N2/c1-99(2)91-39-18-15-33-85(91)88-57-53-75(63-94(88)99)103(76-54-59-90-86-55-48-71(60-92(86)100(3,4)96(90)64-76)79-34-21-29-67-28-13-14-30-77(67)79)98-41-20-17-32-82(98)70-44-42-69(43-45-70)78-35-22-38-84-80(36-23-37-83(78)84)72-49-56-87-89-58-52-74(62-95(89)101(5,6)93(87)61-72)102(73-50-46-66(47-51-73)65-24-9-7-10-25-65)97-40-19-16-31-81(97)68-26-11-8-12-27-68/h7-64H,1-6H3. The van der Waals surface area contributed by atoms with Crippen LogP contribution in [0, 0.1) is 0 Å². The molecule has 0 heterocycles. The van der Waals surface area contributed by atoms with E-state index in [1.165, 1.54) is 144 Å². The molecule has 0 radical (unpaired) electrons. The van der Waals surface area contributed by atoms with Gasteiger partial charge in [-0.25, -0.2) is 0 Å². The van der Waals surface area contributed by atoms with Crippen molar-refractivity contribution < 1.29 is 0 Å². The lowest BCUT2D eigenvalue weighted by atomic mass is 9.81. The van der Waals surface area contributed by atoms with E-state index in [2.05, 4.69) is 403 Å². The van der Waals surface area contributed by atoms with Crippen molar-refractivity contribution >= 4 is 55.7 Å². The summed E-state index contributed by atoms with van der Waals surface area (Å²) in [6.07, 6.45) is 0. The van der Waals surface area contributed by atoms with E-state index in [1.807, 2.05) is 0 Å². The van der Waals surface area contributed by atoms with Gasteiger partial charge in [0.15, 0.2) is 0 Å². The molecule has 2 heteroatoms. The van der Waals surface area contributed by atoms with Gasteiger partial charge in [0.1, 0.15) is 0 Å². The Morgan fingerprint density at radius 2 is 0.466 bits per heavy atom. The average Bonchev–Trinajstić information content (AvgIpc) is 1.58. The molecular formula is C101H76N2. The third-order valence-electron chi connectivity index (χ3n) is 23.1. The Balaban J connectivity index is 0.661. The first-order valence-electron chi connectivity index (χ1n) is 36.3. The molecular weight excluding hydrogens is 1240 g/mol. The Morgan fingerprint density at radius 3 is 0.990 bits per heavy atom. The monoisotopic (exact) mass is 1320 g/mol. The molecule has 0 unspecified atom stereocenters. The fourth-order valence-corrected chi connectivity index (χ4v) is 17.7. The van der Waals surface area contributed by atoms with E-state index >= 15 is 0 Å². The van der Waals surface area contributed by atoms with Crippen LogP contribution in [0.5, 0.6) is 0 Å². The summed E-state index contributed by atoms with van der Waals surface area (Å²) in [6.45, 7) is 14.4. The summed E-state index contributed by atoms with van der Waals surface area (Å²) in [4.78, 5) is 4.98. The molecule has 0 N–H and O–H groups in total. The molecule has 0 atom stereocenters. The third kappa shape index (κ3) is 9.98. The topological polar surface area (TPSA) is 6.48 Å². The fraction of sp³-hybridized carbons (Fsp3) is 0.0891. The maximum absolute atomic E-state index is 2.53. The quantitative estimate of drug-likeness (QED) is 0.120. The maximum atomic E-state index is 2.53. The zero-order valence-corrected chi connectivity index (χ0v) is 58.9. The zero-order chi connectivity index (χ0) is 69.3. The summed E-state index contributed by atoms with van der Waals surface area (Å²) in [5.41, 5.74) is 36.4. The SMILES string of the molecule is CC1(C)c2ccccc2-c2ccc(N(c3ccc4c(c3)C(C)(C)c3cc(-c5cccc6ccccc56)ccc3-4)c3ccccc3-c3ccc(-c4cccc5c(-c6ccc7c(c6)C(C)(C)c6cc(N(c8ccc(-c9ccccc9)cc8)c8ccccc8-c8ccccc8)ccc6-7)cccc45)cc3)cc21. The van der Waals surface area contributed by atoms with Gasteiger partial charge in [-0.1, -0.05) is 321 Å². The van der Waals surface area contributed by atoms with Gasteiger partial charge >= 0.3 is 0 Å². The molecule has 0 aromatic heterocycles. The fourth-order valence-electron chi connectivity index (χ4n) is 17.7. The second-order valence-electron chi connectivity index (χ2n) is 29.9. The maximum Gasteiger partial charge on any atom is 0.0540 e. The van der Waals surface area contributed by atoms with Crippen molar-refractivity contribution in [1.29, 1.82) is 0 Å². The lowest BCUT2D eigenvalue weighted by molar-refractivity contribution is 0.660. The molecule has 103 heavy (non-hydrogen) atoms. The number of hydrogen-bond acceptors (Lipinski definition) is 2. The number of fused-ring (bicyclic) bond motifs is 11. The van der Waals surface area contributed by atoms with Crippen LogP contribution in [0.2, 0.25) is 0 Å².